The predicted octanol–water partition coefficient (Wildman–Crippen LogP) is -1.08. The van der Waals surface area contributed by atoms with Crippen molar-refractivity contribution in [1.29, 1.82) is 0 Å². The van der Waals surface area contributed by atoms with Crippen LogP contribution in [0.4, 0.5) is 0 Å². The van der Waals surface area contributed by atoms with Gasteiger partial charge in [0.2, 0.25) is 0 Å². The minimum absolute atomic E-state index is 0. The smallest absolute Gasteiger partial charge is 0 e. The molecule has 4 heteroatoms. The Balaban J connectivity index is 0. The molecule has 0 aliphatic rings. The Morgan fingerprint density at radius 1 is 1.00 bits per heavy atom. The summed E-state index contributed by atoms with van der Waals surface area (Å²) in [5.41, 5.74) is 0. The van der Waals surface area contributed by atoms with Crippen molar-refractivity contribution in [3.8, 4) is 0 Å². The van der Waals surface area contributed by atoms with Crippen molar-refractivity contribution < 1.29 is 35.6 Å². The number of hydrogen-bond donors (Lipinski definition) is 0. The molecule has 0 saturated carbocycles. The van der Waals surface area contributed by atoms with Gasteiger partial charge in [-0.1, -0.05) is 0 Å². The molecule has 0 rings (SSSR count). The maximum atomic E-state index is 0. The van der Waals surface area contributed by atoms with E-state index in [4.69, 9.17) is 0 Å². The van der Waals surface area contributed by atoms with Gasteiger partial charge in [-0.25, -0.2) is 0 Å². The molecule has 0 nitrogen and oxygen atoms in total. The van der Waals surface area contributed by atoms with Crippen LogP contribution in [-0.4, -0.2) is 18.0 Å². The summed E-state index contributed by atoms with van der Waals surface area (Å²) in [5.74, 6) is 0. The second-order valence-electron chi connectivity index (χ2n) is 0. The van der Waals surface area contributed by atoms with Gasteiger partial charge in [-0.15, -0.1) is 0 Å². The molecule has 2 radical (unpaired) electrons. The summed E-state index contributed by atoms with van der Waals surface area (Å²) >= 11 is 0. The summed E-state index contributed by atoms with van der Waals surface area (Å²) in [6.45, 7) is 0. The normalized spacial score (nSPS) is 0. The van der Waals surface area contributed by atoms with Crippen LogP contribution in [0.15, 0.2) is 0 Å². The van der Waals surface area contributed by atoms with Gasteiger partial charge in [-0.05, 0) is 0 Å². The molecular weight excluding hydrogens is 221 g/mol. The number of hydrogen-bond acceptors (Lipinski definition) is 0. The molecular formula is H5AsCuSV. The van der Waals surface area contributed by atoms with Crippen LogP contribution in [-0.2, 0) is 35.6 Å². The van der Waals surface area contributed by atoms with Gasteiger partial charge in [-0.3, -0.25) is 0 Å². The molecule has 32 valence electrons. The van der Waals surface area contributed by atoms with Crippen molar-refractivity contribution in [2.45, 2.75) is 0 Å². The van der Waals surface area contributed by atoms with E-state index in [9.17, 15) is 0 Å². The predicted molar refractivity (Wildman–Crippen MR) is 20.3 cm³/mol. The molecule has 0 saturated heterocycles. The fourth-order valence-electron chi connectivity index (χ4n) is 0. The molecule has 1 atom stereocenters. The Kier molecular flexibility index (Phi) is 186. The molecule has 0 spiro atoms. The molecule has 0 aliphatic heterocycles. The van der Waals surface area contributed by atoms with Gasteiger partial charge >= 0.3 is 18.0 Å². The zero-order valence-corrected chi connectivity index (χ0v) is 8.26. The Morgan fingerprint density at radius 2 is 1.00 bits per heavy atom. The number of rotatable bonds is 0. The van der Waals surface area contributed by atoms with Crippen LogP contribution in [0.25, 0.3) is 0 Å². The molecule has 4 heavy (non-hydrogen) atoms. The zero-order chi connectivity index (χ0) is 0. The minimum atomic E-state index is 0. The molecule has 1 unspecified atom stereocenters. The first-order valence-electron chi connectivity index (χ1n) is 0. The first-order valence-corrected chi connectivity index (χ1v) is 0. The standard InChI is InChI=1S/AsH3.Cu.H2S.V/h1H3;;1H2;. The third kappa shape index (κ3) is 8.99. The minimum Gasteiger partial charge on any atom is 0 e. The fraction of sp³-hybridized carbons (Fsp3) is 0. The topological polar surface area (TPSA) is 0 Å². The molecule has 0 aromatic carbocycles. The SMILES string of the molecule is S.[AsH3].[Cu].[V]. The molecule has 0 amide bonds. The maximum Gasteiger partial charge on any atom is 0 e. The van der Waals surface area contributed by atoms with E-state index in [1.807, 2.05) is 0 Å². The first kappa shape index (κ1) is 37.3. The van der Waals surface area contributed by atoms with E-state index in [0.29, 0.717) is 0 Å². The Bertz CT molecular complexity index is 8.00. The summed E-state index contributed by atoms with van der Waals surface area (Å²) in [6.07, 6.45) is 0. The van der Waals surface area contributed by atoms with E-state index < -0.39 is 0 Å². The third-order valence-corrected chi connectivity index (χ3v) is 0. The van der Waals surface area contributed by atoms with Crippen LogP contribution in [0.3, 0.4) is 0 Å². The van der Waals surface area contributed by atoms with Gasteiger partial charge < -0.3 is 0 Å². The van der Waals surface area contributed by atoms with Crippen molar-refractivity contribution in [2.24, 2.45) is 0 Å². The molecule has 0 fully saturated rings. The second-order valence-corrected chi connectivity index (χ2v) is 0. The Morgan fingerprint density at radius 3 is 1.00 bits per heavy atom. The molecule has 0 N–H and O–H groups in total. The zero-order valence-electron chi connectivity index (χ0n) is 1.96. The van der Waals surface area contributed by atoms with Crippen molar-refractivity contribution in [2.75, 3.05) is 0 Å². The van der Waals surface area contributed by atoms with E-state index in [1.165, 1.54) is 0 Å². The third-order valence-electron chi connectivity index (χ3n) is 0. The van der Waals surface area contributed by atoms with E-state index in [-0.39, 0.29) is 67.1 Å². The summed E-state index contributed by atoms with van der Waals surface area (Å²) in [4.78, 5) is 0. The molecule has 0 aromatic rings. The van der Waals surface area contributed by atoms with Crippen molar-refractivity contribution in [3.05, 3.63) is 0 Å². The van der Waals surface area contributed by atoms with Crippen molar-refractivity contribution >= 4 is 31.4 Å². The van der Waals surface area contributed by atoms with Crippen LogP contribution in [0, 0.1) is 0 Å². The van der Waals surface area contributed by atoms with Gasteiger partial charge in [0.25, 0.3) is 0 Å². The summed E-state index contributed by atoms with van der Waals surface area (Å²) in [6, 6.07) is 0. The molecule has 0 bridgehead atoms. The summed E-state index contributed by atoms with van der Waals surface area (Å²) in [7, 11) is 0. The summed E-state index contributed by atoms with van der Waals surface area (Å²) in [5, 5.41) is 0. The van der Waals surface area contributed by atoms with Crippen LogP contribution in [0.2, 0.25) is 0 Å². The van der Waals surface area contributed by atoms with Crippen LogP contribution < -0.4 is 0 Å². The molecule has 0 aromatic heterocycles. The van der Waals surface area contributed by atoms with E-state index in [2.05, 4.69) is 0 Å². The van der Waals surface area contributed by atoms with Gasteiger partial charge in [-0.2, -0.15) is 13.5 Å². The van der Waals surface area contributed by atoms with Gasteiger partial charge in [0.15, 0.2) is 0 Å². The quantitative estimate of drug-likeness (QED) is 0.461. The van der Waals surface area contributed by atoms with Gasteiger partial charge in [0.1, 0.15) is 0 Å². The van der Waals surface area contributed by atoms with Crippen LogP contribution in [0.1, 0.15) is 0 Å². The van der Waals surface area contributed by atoms with Crippen LogP contribution >= 0.6 is 13.5 Å². The van der Waals surface area contributed by atoms with Crippen molar-refractivity contribution in [1.82, 2.24) is 0 Å². The van der Waals surface area contributed by atoms with E-state index in [1.54, 1.807) is 0 Å². The van der Waals surface area contributed by atoms with E-state index >= 15 is 0 Å². The first-order chi connectivity index (χ1) is 0. The second kappa shape index (κ2) is 19.9. The average molecular weight is 227 g/mol. The monoisotopic (exact) mass is 226 g/mol. The fourth-order valence-corrected chi connectivity index (χ4v) is 0. The molecule has 0 aliphatic carbocycles. The Hall–Kier alpha value is 2.01. The van der Waals surface area contributed by atoms with Crippen molar-refractivity contribution in [3.63, 3.8) is 0 Å². The molecule has 0 heterocycles. The maximum absolute atomic E-state index is 0. The summed E-state index contributed by atoms with van der Waals surface area (Å²) < 4.78 is 0. The van der Waals surface area contributed by atoms with Gasteiger partial charge in [0, 0.05) is 35.6 Å². The average Bonchev–Trinajstić information content (AvgIpc) is 0. The van der Waals surface area contributed by atoms with Gasteiger partial charge in [0.05, 0.1) is 0 Å². The Labute approximate surface area is 66.6 Å². The van der Waals surface area contributed by atoms with E-state index in [0.717, 1.165) is 0 Å². The largest absolute Gasteiger partial charge is 0 e. The van der Waals surface area contributed by atoms with Crippen LogP contribution in [0.5, 0.6) is 0 Å².